The van der Waals surface area contributed by atoms with E-state index in [1.54, 1.807) is 0 Å². The highest BCUT2D eigenvalue weighted by Crippen LogP contribution is 2.71. The number of hydrogen-bond acceptors (Lipinski definition) is 8. The van der Waals surface area contributed by atoms with Gasteiger partial charge in [-0.2, -0.15) is 0 Å². The molecule has 0 aliphatic heterocycles. The summed E-state index contributed by atoms with van der Waals surface area (Å²) in [6.45, 7) is 8.85. The quantitative estimate of drug-likeness (QED) is 0.192. The van der Waals surface area contributed by atoms with Crippen molar-refractivity contribution >= 4 is 32.0 Å². The molecule has 0 unspecified atom stereocenters. The van der Waals surface area contributed by atoms with Crippen LogP contribution in [0.4, 0.5) is 0 Å². The fourth-order valence-corrected chi connectivity index (χ4v) is 12.8. The van der Waals surface area contributed by atoms with E-state index in [1.165, 1.54) is 28.4 Å². The third-order valence-electron chi connectivity index (χ3n) is 10.7. The third kappa shape index (κ3) is 3.82. The Bertz CT molecular complexity index is 841. The van der Waals surface area contributed by atoms with Crippen LogP contribution in [0.15, 0.2) is 0 Å². The largest absolute Gasteiger partial charge is 0.468 e. The Morgan fingerprint density at radius 2 is 1.08 bits per heavy atom. The zero-order chi connectivity index (χ0) is 27.1. The molecule has 3 aliphatic rings. The van der Waals surface area contributed by atoms with Crippen molar-refractivity contribution in [2.24, 2.45) is 46.3 Å². The Balaban J connectivity index is 2.21. The lowest BCUT2D eigenvalue weighted by molar-refractivity contribution is -0.174. The summed E-state index contributed by atoms with van der Waals surface area (Å²) in [5.74, 6) is -2.93. The number of fused-ring (bicyclic) bond motifs is 3. The Hall–Kier alpha value is -1.90. The molecule has 204 valence electrons. The first-order chi connectivity index (χ1) is 17.0. The molecular formula is C27H44O8Si. The molecule has 36 heavy (non-hydrogen) atoms. The summed E-state index contributed by atoms with van der Waals surface area (Å²) in [5.41, 5.74) is -2.87. The zero-order valence-corrected chi connectivity index (χ0v) is 24.2. The topological polar surface area (TPSA) is 105 Å². The maximum Gasteiger partial charge on any atom is 0.323 e. The van der Waals surface area contributed by atoms with Crippen molar-refractivity contribution in [1.82, 2.24) is 0 Å². The molecule has 3 saturated carbocycles. The molecule has 0 aromatic carbocycles. The van der Waals surface area contributed by atoms with E-state index in [-0.39, 0.29) is 35.5 Å². The molecule has 3 aliphatic carbocycles. The Morgan fingerprint density at radius 1 is 0.694 bits per heavy atom. The SMILES string of the molecule is CC[Si](CC)(CC)C[C@@H]1CC(C(=O)OC)(C(=O)OC)[C@H]2C[C@@H]3[C@H]([C@@H]12)[C@@H](C)CC3(C(=O)OC)C(=O)OC. The van der Waals surface area contributed by atoms with Crippen molar-refractivity contribution in [2.45, 2.75) is 71.1 Å². The number of methoxy groups -OCH3 is 4. The molecule has 3 rings (SSSR count). The van der Waals surface area contributed by atoms with E-state index in [0.29, 0.717) is 19.3 Å². The van der Waals surface area contributed by atoms with Crippen molar-refractivity contribution in [3.8, 4) is 0 Å². The van der Waals surface area contributed by atoms with Crippen LogP contribution >= 0.6 is 0 Å². The molecule has 0 N–H and O–H groups in total. The zero-order valence-electron chi connectivity index (χ0n) is 23.2. The normalized spacial score (nSPS) is 31.8. The molecule has 0 aromatic rings. The van der Waals surface area contributed by atoms with Gasteiger partial charge in [0.1, 0.15) is 0 Å². The molecule has 9 heteroatoms. The van der Waals surface area contributed by atoms with Gasteiger partial charge in [0.05, 0.1) is 36.5 Å². The van der Waals surface area contributed by atoms with Gasteiger partial charge in [0.25, 0.3) is 0 Å². The second kappa shape index (κ2) is 10.5. The fraction of sp³-hybridized carbons (Fsp3) is 0.852. The molecular weight excluding hydrogens is 480 g/mol. The Labute approximate surface area is 216 Å². The predicted octanol–water partition coefficient (Wildman–Crippen LogP) is 4.09. The maximum atomic E-state index is 13.4. The second-order valence-electron chi connectivity index (χ2n) is 11.4. The van der Waals surface area contributed by atoms with Gasteiger partial charge in [-0.1, -0.05) is 51.9 Å². The Morgan fingerprint density at radius 3 is 1.47 bits per heavy atom. The van der Waals surface area contributed by atoms with Crippen LogP contribution in [0.5, 0.6) is 0 Å². The summed E-state index contributed by atoms with van der Waals surface area (Å²) in [7, 11) is 3.56. The molecule has 6 atom stereocenters. The monoisotopic (exact) mass is 524 g/mol. The van der Waals surface area contributed by atoms with E-state index in [0.717, 1.165) is 24.2 Å². The van der Waals surface area contributed by atoms with E-state index in [9.17, 15) is 19.2 Å². The summed E-state index contributed by atoms with van der Waals surface area (Å²) in [6.07, 6.45) is 1.12. The molecule has 3 fully saturated rings. The van der Waals surface area contributed by atoms with Gasteiger partial charge in [0.15, 0.2) is 10.8 Å². The van der Waals surface area contributed by atoms with E-state index < -0.39 is 42.8 Å². The van der Waals surface area contributed by atoms with Crippen LogP contribution < -0.4 is 0 Å². The lowest BCUT2D eigenvalue weighted by Crippen LogP contribution is -2.47. The second-order valence-corrected chi connectivity index (χ2v) is 17.0. The van der Waals surface area contributed by atoms with E-state index in [4.69, 9.17) is 18.9 Å². The number of hydrogen-bond donors (Lipinski definition) is 0. The van der Waals surface area contributed by atoms with Gasteiger partial charge in [-0.15, -0.1) is 0 Å². The van der Waals surface area contributed by atoms with E-state index in [1.807, 2.05) is 0 Å². The van der Waals surface area contributed by atoms with Crippen molar-refractivity contribution in [1.29, 1.82) is 0 Å². The molecule has 0 heterocycles. The minimum atomic E-state index is -1.64. The van der Waals surface area contributed by atoms with E-state index >= 15 is 0 Å². The number of rotatable bonds is 9. The number of carbonyl (C=O) groups excluding carboxylic acids is 4. The highest BCUT2D eigenvalue weighted by atomic mass is 28.3. The minimum absolute atomic E-state index is 0.00773. The van der Waals surface area contributed by atoms with Crippen LogP contribution in [-0.2, 0) is 38.1 Å². The van der Waals surface area contributed by atoms with Crippen LogP contribution in [-0.4, -0.2) is 60.4 Å². The third-order valence-corrected chi connectivity index (χ3v) is 16.6. The first kappa shape index (κ1) is 28.7. The van der Waals surface area contributed by atoms with Gasteiger partial charge in [0.2, 0.25) is 0 Å². The van der Waals surface area contributed by atoms with Gasteiger partial charge in [-0.05, 0) is 54.8 Å². The molecule has 8 nitrogen and oxygen atoms in total. The van der Waals surface area contributed by atoms with Crippen LogP contribution in [0.25, 0.3) is 0 Å². The van der Waals surface area contributed by atoms with Gasteiger partial charge >= 0.3 is 23.9 Å². The minimum Gasteiger partial charge on any atom is -0.468 e. The molecule has 0 radical (unpaired) electrons. The standard InChI is InChI=1S/C27H44O8Si/c1-9-36(10-2,11-3)15-17-14-27(24(30)34-7,25(31)35-8)19-12-18-20(21(17)19)16(4)13-26(18,22(28)32-5)23(29)33-6/h16-21H,9-15H2,1-8H3/t16-,17-,18+,19-,20+,21-/m0/s1. The average Bonchev–Trinajstić information content (AvgIpc) is 3.53. The lowest BCUT2D eigenvalue weighted by atomic mass is 9.70. The molecule has 0 amide bonds. The van der Waals surface area contributed by atoms with E-state index in [2.05, 4.69) is 27.7 Å². The van der Waals surface area contributed by atoms with Crippen LogP contribution in [0.3, 0.4) is 0 Å². The molecule has 0 aromatic heterocycles. The van der Waals surface area contributed by atoms with Gasteiger partial charge < -0.3 is 18.9 Å². The summed E-state index contributed by atoms with van der Waals surface area (Å²) in [4.78, 5) is 53.4. The molecule has 0 bridgehead atoms. The average molecular weight is 525 g/mol. The smallest absolute Gasteiger partial charge is 0.323 e. The fourth-order valence-electron chi connectivity index (χ4n) is 8.88. The summed E-state index contributed by atoms with van der Waals surface area (Å²) >= 11 is 0. The summed E-state index contributed by atoms with van der Waals surface area (Å²) < 4.78 is 20.8. The maximum absolute atomic E-state index is 13.4. The van der Waals surface area contributed by atoms with Crippen LogP contribution in [0, 0.1) is 46.3 Å². The number of carbonyl (C=O) groups is 4. The lowest BCUT2D eigenvalue weighted by Gasteiger charge is -2.36. The van der Waals surface area contributed by atoms with Crippen molar-refractivity contribution in [2.75, 3.05) is 28.4 Å². The van der Waals surface area contributed by atoms with Crippen molar-refractivity contribution < 1.29 is 38.1 Å². The van der Waals surface area contributed by atoms with Crippen LogP contribution in [0.2, 0.25) is 24.2 Å². The van der Waals surface area contributed by atoms with Gasteiger partial charge in [0, 0.05) is 0 Å². The predicted molar refractivity (Wildman–Crippen MR) is 135 cm³/mol. The molecule has 0 spiro atoms. The highest BCUT2D eigenvalue weighted by molar-refractivity contribution is 6.79. The van der Waals surface area contributed by atoms with Crippen molar-refractivity contribution in [3.05, 3.63) is 0 Å². The van der Waals surface area contributed by atoms with Crippen LogP contribution in [0.1, 0.15) is 47.0 Å². The summed E-state index contributed by atoms with van der Waals surface area (Å²) in [5, 5.41) is 0. The highest BCUT2D eigenvalue weighted by Gasteiger charge is 2.75. The Kier molecular flexibility index (Phi) is 8.33. The van der Waals surface area contributed by atoms with Gasteiger partial charge in [-0.25, -0.2) is 0 Å². The number of ether oxygens (including phenoxy) is 4. The number of esters is 4. The first-order valence-corrected chi connectivity index (χ1v) is 16.2. The molecule has 0 saturated heterocycles. The first-order valence-electron chi connectivity index (χ1n) is 13.4. The summed E-state index contributed by atoms with van der Waals surface area (Å²) in [6, 6.07) is 4.41. The van der Waals surface area contributed by atoms with Gasteiger partial charge in [-0.3, -0.25) is 19.2 Å². The van der Waals surface area contributed by atoms with Crippen molar-refractivity contribution in [3.63, 3.8) is 0 Å².